The maximum atomic E-state index is 13.3. The molecule has 16 heavy (non-hydrogen) atoms. The molecule has 0 rings (SSSR count). The van der Waals surface area contributed by atoms with Crippen LogP contribution in [0.25, 0.3) is 0 Å². The van der Waals surface area contributed by atoms with E-state index < -0.39 is 11.1 Å². The Hall–Kier alpha value is -0.940. The fourth-order valence-electron chi connectivity index (χ4n) is 0.823. The SMILES string of the molecule is C=C/C=C(\C=C/C)SC(F)(F)/C(F)=C/CN. The molecule has 0 amide bonds. The first-order valence-electron chi connectivity index (χ1n) is 4.56. The maximum Gasteiger partial charge on any atom is 0.348 e. The molecular weight excluding hydrogens is 235 g/mol. The van der Waals surface area contributed by atoms with Crippen LogP contribution >= 0.6 is 11.8 Å². The minimum absolute atomic E-state index is 0.115. The van der Waals surface area contributed by atoms with Crippen molar-refractivity contribution < 1.29 is 13.2 Å². The van der Waals surface area contributed by atoms with E-state index in [4.69, 9.17) is 5.73 Å². The van der Waals surface area contributed by atoms with Crippen molar-refractivity contribution in [1.29, 1.82) is 0 Å². The first kappa shape index (κ1) is 15.1. The van der Waals surface area contributed by atoms with Crippen LogP contribution in [0.5, 0.6) is 0 Å². The minimum Gasteiger partial charge on any atom is -0.327 e. The second-order valence-corrected chi connectivity index (χ2v) is 3.90. The van der Waals surface area contributed by atoms with Gasteiger partial charge in [-0.15, -0.1) is 0 Å². The molecule has 0 heterocycles. The van der Waals surface area contributed by atoms with E-state index in [1.165, 1.54) is 18.2 Å². The summed E-state index contributed by atoms with van der Waals surface area (Å²) in [6.07, 6.45) is 6.45. The summed E-state index contributed by atoms with van der Waals surface area (Å²) in [5, 5.41) is -3.60. The van der Waals surface area contributed by atoms with Crippen LogP contribution in [0.15, 0.2) is 47.7 Å². The topological polar surface area (TPSA) is 26.0 Å². The average Bonchev–Trinajstić information content (AvgIpc) is 2.18. The van der Waals surface area contributed by atoms with Gasteiger partial charge in [-0.1, -0.05) is 24.8 Å². The third kappa shape index (κ3) is 5.23. The molecule has 0 saturated carbocycles. The van der Waals surface area contributed by atoms with Crippen molar-refractivity contribution in [3.05, 3.63) is 47.7 Å². The standard InChI is InChI=1S/C11H14F3NS/c1-3-5-9(6-4-2)16-11(13,14)10(12)7-8-15/h3-7H,1,8,15H2,2H3/b6-4-,9-5+,10-7-. The Kier molecular flexibility index (Phi) is 6.92. The molecule has 0 saturated heterocycles. The summed E-state index contributed by atoms with van der Waals surface area (Å²) in [6, 6.07) is 0. The van der Waals surface area contributed by atoms with Crippen molar-refractivity contribution in [2.75, 3.05) is 6.54 Å². The van der Waals surface area contributed by atoms with Crippen LogP contribution in [0.2, 0.25) is 0 Å². The summed E-state index contributed by atoms with van der Waals surface area (Å²) in [7, 11) is 0. The number of halogens is 3. The van der Waals surface area contributed by atoms with Crippen molar-refractivity contribution in [3.63, 3.8) is 0 Å². The fourth-order valence-corrected chi connectivity index (χ4v) is 1.67. The van der Waals surface area contributed by atoms with Gasteiger partial charge in [0.15, 0.2) is 5.83 Å². The van der Waals surface area contributed by atoms with E-state index in [1.54, 1.807) is 13.0 Å². The van der Waals surface area contributed by atoms with Gasteiger partial charge in [0.2, 0.25) is 0 Å². The Labute approximate surface area is 97.6 Å². The molecule has 0 unspecified atom stereocenters. The Morgan fingerprint density at radius 3 is 2.56 bits per heavy atom. The van der Waals surface area contributed by atoms with E-state index in [9.17, 15) is 13.2 Å². The molecule has 90 valence electrons. The molecule has 0 aromatic heterocycles. The van der Waals surface area contributed by atoms with E-state index in [-0.39, 0.29) is 23.2 Å². The summed E-state index contributed by atoms with van der Waals surface area (Å²) >= 11 is 0.115. The van der Waals surface area contributed by atoms with Crippen molar-refractivity contribution in [3.8, 4) is 0 Å². The summed E-state index contributed by atoms with van der Waals surface area (Å²) in [4.78, 5) is 0.225. The molecule has 0 atom stereocenters. The zero-order valence-electron chi connectivity index (χ0n) is 8.92. The quantitative estimate of drug-likeness (QED) is 0.725. The van der Waals surface area contributed by atoms with Crippen LogP contribution in [0.4, 0.5) is 13.2 Å². The highest BCUT2D eigenvalue weighted by molar-refractivity contribution is 8.04. The molecule has 0 radical (unpaired) electrons. The number of allylic oxidation sites excluding steroid dienone is 4. The highest BCUT2D eigenvalue weighted by atomic mass is 32.2. The van der Waals surface area contributed by atoms with Crippen LogP contribution in [-0.4, -0.2) is 11.8 Å². The van der Waals surface area contributed by atoms with Gasteiger partial charge in [0.1, 0.15) is 0 Å². The monoisotopic (exact) mass is 249 g/mol. The van der Waals surface area contributed by atoms with Crippen molar-refractivity contribution in [2.45, 2.75) is 12.2 Å². The van der Waals surface area contributed by atoms with E-state index in [0.29, 0.717) is 6.08 Å². The van der Waals surface area contributed by atoms with Crippen LogP contribution in [-0.2, 0) is 0 Å². The molecule has 0 aromatic rings. The van der Waals surface area contributed by atoms with Gasteiger partial charge in [-0.05, 0) is 30.8 Å². The molecule has 0 fully saturated rings. The molecule has 1 nitrogen and oxygen atoms in total. The Morgan fingerprint density at radius 2 is 2.12 bits per heavy atom. The highest BCUT2D eigenvalue weighted by Gasteiger charge is 2.36. The van der Waals surface area contributed by atoms with Crippen LogP contribution in [0, 0.1) is 0 Å². The predicted octanol–water partition coefficient (Wildman–Crippen LogP) is 3.77. The minimum atomic E-state index is -3.60. The lowest BCUT2D eigenvalue weighted by Crippen LogP contribution is -2.13. The molecule has 2 N–H and O–H groups in total. The molecule has 0 aliphatic carbocycles. The molecule has 0 aliphatic heterocycles. The molecule has 5 heteroatoms. The predicted molar refractivity (Wildman–Crippen MR) is 63.9 cm³/mol. The summed E-state index contributed by atoms with van der Waals surface area (Å²) in [6.45, 7) is 4.82. The molecule has 0 bridgehead atoms. The number of rotatable bonds is 6. The van der Waals surface area contributed by atoms with Crippen LogP contribution in [0.3, 0.4) is 0 Å². The first-order chi connectivity index (χ1) is 7.47. The van der Waals surface area contributed by atoms with Crippen molar-refractivity contribution in [1.82, 2.24) is 0 Å². The van der Waals surface area contributed by atoms with E-state index in [2.05, 4.69) is 6.58 Å². The average molecular weight is 249 g/mol. The Bertz CT molecular complexity index is 319. The number of alkyl halides is 2. The van der Waals surface area contributed by atoms with Crippen molar-refractivity contribution in [2.24, 2.45) is 5.73 Å². The zero-order chi connectivity index (χ0) is 12.6. The lowest BCUT2D eigenvalue weighted by molar-refractivity contribution is 0.119. The van der Waals surface area contributed by atoms with Gasteiger partial charge in [-0.2, -0.15) is 8.78 Å². The zero-order valence-corrected chi connectivity index (χ0v) is 9.74. The number of hydrogen-bond donors (Lipinski definition) is 1. The van der Waals surface area contributed by atoms with Gasteiger partial charge in [0.25, 0.3) is 0 Å². The van der Waals surface area contributed by atoms with E-state index in [1.807, 2.05) is 0 Å². The van der Waals surface area contributed by atoms with E-state index in [0.717, 1.165) is 0 Å². The molecule has 0 spiro atoms. The van der Waals surface area contributed by atoms with E-state index >= 15 is 0 Å². The maximum absolute atomic E-state index is 13.3. The van der Waals surface area contributed by atoms with Crippen molar-refractivity contribution >= 4 is 11.8 Å². The third-order valence-corrected chi connectivity index (χ3v) is 2.39. The van der Waals surface area contributed by atoms with Gasteiger partial charge in [0, 0.05) is 11.4 Å². The first-order valence-corrected chi connectivity index (χ1v) is 5.38. The van der Waals surface area contributed by atoms with Gasteiger partial charge in [-0.25, -0.2) is 4.39 Å². The fraction of sp³-hybridized carbons (Fsp3) is 0.273. The van der Waals surface area contributed by atoms with Gasteiger partial charge in [0.05, 0.1) is 0 Å². The normalized spacial score (nSPS) is 14.6. The third-order valence-electron chi connectivity index (χ3n) is 1.43. The number of hydrogen-bond acceptors (Lipinski definition) is 2. The smallest absolute Gasteiger partial charge is 0.327 e. The second kappa shape index (κ2) is 7.35. The molecular formula is C11H14F3NS. The highest BCUT2D eigenvalue weighted by Crippen LogP contribution is 2.41. The second-order valence-electron chi connectivity index (χ2n) is 2.71. The molecule has 0 aromatic carbocycles. The van der Waals surface area contributed by atoms with Crippen LogP contribution < -0.4 is 5.73 Å². The Balaban J connectivity index is 4.85. The number of thioether (sulfide) groups is 1. The Morgan fingerprint density at radius 1 is 1.50 bits per heavy atom. The van der Waals surface area contributed by atoms with Gasteiger partial charge < -0.3 is 5.73 Å². The van der Waals surface area contributed by atoms with Gasteiger partial charge in [-0.3, -0.25) is 0 Å². The lowest BCUT2D eigenvalue weighted by atomic mass is 10.4. The lowest BCUT2D eigenvalue weighted by Gasteiger charge is -2.13. The number of nitrogens with two attached hydrogens (primary N) is 1. The van der Waals surface area contributed by atoms with Crippen LogP contribution in [0.1, 0.15) is 6.92 Å². The molecule has 0 aliphatic rings. The largest absolute Gasteiger partial charge is 0.348 e. The summed E-state index contributed by atoms with van der Waals surface area (Å²) in [5.41, 5.74) is 4.97. The summed E-state index contributed by atoms with van der Waals surface area (Å²) in [5.74, 6) is -1.53. The van der Waals surface area contributed by atoms with Gasteiger partial charge >= 0.3 is 5.25 Å². The summed E-state index contributed by atoms with van der Waals surface area (Å²) < 4.78 is 39.5.